The number of carbonyl (C=O) groups excluding carboxylic acids is 2. The van der Waals surface area contributed by atoms with E-state index >= 15 is 0 Å². The van der Waals surface area contributed by atoms with Gasteiger partial charge in [0.2, 0.25) is 11.8 Å². The van der Waals surface area contributed by atoms with Crippen LogP contribution in [0.2, 0.25) is 0 Å². The predicted octanol–water partition coefficient (Wildman–Crippen LogP) is 3.64. The Balaban J connectivity index is 1.77. The highest BCUT2D eigenvalue weighted by Crippen LogP contribution is 2.44. The third-order valence-corrected chi connectivity index (χ3v) is 6.65. The molecular formula is C22H20BrN3O2. The van der Waals surface area contributed by atoms with Gasteiger partial charge in [0.15, 0.2) is 0 Å². The van der Waals surface area contributed by atoms with Gasteiger partial charge in [-0.15, -0.1) is 0 Å². The summed E-state index contributed by atoms with van der Waals surface area (Å²) < 4.78 is 0.934. The van der Waals surface area contributed by atoms with Crippen molar-refractivity contribution in [1.82, 2.24) is 14.8 Å². The number of rotatable bonds is 2. The molecule has 0 radical (unpaired) electrons. The number of nitrogens with one attached hydrogen (secondary N) is 1. The molecule has 1 fully saturated rings. The van der Waals surface area contributed by atoms with E-state index in [0.717, 1.165) is 32.2 Å². The van der Waals surface area contributed by atoms with Crippen molar-refractivity contribution in [3.63, 3.8) is 0 Å². The van der Waals surface area contributed by atoms with Crippen LogP contribution in [0.15, 0.2) is 53.0 Å². The minimum atomic E-state index is -0.468. The van der Waals surface area contributed by atoms with Crippen LogP contribution in [-0.2, 0) is 16.0 Å². The van der Waals surface area contributed by atoms with Crippen molar-refractivity contribution in [2.75, 3.05) is 13.1 Å². The van der Waals surface area contributed by atoms with Gasteiger partial charge in [0.1, 0.15) is 6.04 Å². The molecule has 1 saturated heterocycles. The summed E-state index contributed by atoms with van der Waals surface area (Å²) >= 11 is 3.66. The molecule has 1 N–H and O–H groups in total. The summed E-state index contributed by atoms with van der Waals surface area (Å²) in [7, 11) is 0. The van der Waals surface area contributed by atoms with Gasteiger partial charge in [-0.25, -0.2) is 0 Å². The molecule has 28 heavy (non-hydrogen) atoms. The van der Waals surface area contributed by atoms with Crippen LogP contribution in [0.3, 0.4) is 0 Å². The molecule has 6 heteroatoms. The summed E-state index contributed by atoms with van der Waals surface area (Å²) in [5, 5.41) is 1.13. The number of aromatic nitrogens is 1. The average molecular weight is 438 g/mol. The number of para-hydroxylation sites is 1. The van der Waals surface area contributed by atoms with Gasteiger partial charge >= 0.3 is 0 Å². The number of H-pyrrole nitrogens is 1. The molecular weight excluding hydrogens is 418 g/mol. The lowest BCUT2D eigenvalue weighted by Crippen LogP contribution is -2.62. The summed E-state index contributed by atoms with van der Waals surface area (Å²) in [6.07, 6.45) is 0.543. The average Bonchev–Trinajstić information content (AvgIpc) is 3.08. The first-order chi connectivity index (χ1) is 13.6. The Hall–Kier alpha value is -2.60. The van der Waals surface area contributed by atoms with Crippen LogP contribution in [-0.4, -0.2) is 45.7 Å². The zero-order chi connectivity index (χ0) is 19.4. The normalized spacial score (nSPS) is 21.8. The molecule has 3 aromatic rings. The highest BCUT2D eigenvalue weighted by molar-refractivity contribution is 9.10. The zero-order valence-electron chi connectivity index (χ0n) is 15.5. The van der Waals surface area contributed by atoms with Crippen LogP contribution in [0.1, 0.15) is 29.8 Å². The minimum absolute atomic E-state index is 0.00323. The fourth-order valence-electron chi connectivity index (χ4n) is 4.61. The molecule has 142 valence electrons. The van der Waals surface area contributed by atoms with E-state index in [4.69, 9.17) is 0 Å². The molecule has 0 aliphatic carbocycles. The number of piperazine rings is 1. The molecule has 0 bridgehead atoms. The van der Waals surface area contributed by atoms with Crippen LogP contribution in [0, 0.1) is 0 Å². The first kappa shape index (κ1) is 17.5. The monoisotopic (exact) mass is 437 g/mol. The molecule has 0 saturated carbocycles. The van der Waals surface area contributed by atoms with E-state index in [2.05, 4.69) is 27.0 Å². The lowest BCUT2D eigenvalue weighted by molar-refractivity contribution is -0.158. The molecule has 5 rings (SSSR count). The highest BCUT2D eigenvalue weighted by Gasteiger charge is 2.48. The molecule has 0 spiro atoms. The summed E-state index contributed by atoms with van der Waals surface area (Å²) in [5.74, 6) is 0.0339. The molecule has 1 aromatic heterocycles. The quantitative estimate of drug-likeness (QED) is 0.665. The Morgan fingerprint density at radius 2 is 1.86 bits per heavy atom. The van der Waals surface area contributed by atoms with E-state index in [1.54, 1.807) is 9.80 Å². The number of hydrogen-bond acceptors (Lipinski definition) is 2. The maximum absolute atomic E-state index is 13.2. The lowest BCUT2D eigenvalue weighted by Gasteiger charge is -2.47. The third-order valence-electron chi connectivity index (χ3n) is 5.92. The smallest absolute Gasteiger partial charge is 0.246 e. The van der Waals surface area contributed by atoms with Crippen molar-refractivity contribution >= 4 is 38.6 Å². The fraction of sp³-hybridized carbons (Fsp3) is 0.273. The number of halogens is 1. The van der Waals surface area contributed by atoms with Gasteiger partial charge in [-0.1, -0.05) is 52.3 Å². The lowest BCUT2D eigenvalue weighted by atomic mass is 9.86. The molecule has 2 aliphatic heterocycles. The number of aromatic amines is 1. The highest BCUT2D eigenvalue weighted by atomic mass is 79.9. The number of fused-ring (bicyclic) bond motifs is 4. The van der Waals surface area contributed by atoms with Gasteiger partial charge in [0.05, 0.1) is 12.6 Å². The van der Waals surface area contributed by atoms with E-state index in [1.807, 2.05) is 49.4 Å². The van der Waals surface area contributed by atoms with E-state index in [0.29, 0.717) is 13.0 Å². The van der Waals surface area contributed by atoms with Crippen molar-refractivity contribution in [1.29, 1.82) is 0 Å². The number of hydrogen-bond donors (Lipinski definition) is 1. The Labute approximate surface area is 171 Å². The van der Waals surface area contributed by atoms with Crippen LogP contribution < -0.4 is 0 Å². The standard InChI is InChI=1S/C22H20BrN3O2/c1-2-25-12-19(27)26-18(22(25)28)11-15-13-7-4-6-10-17(13)24-20(15)21(26)14-8-3-5-9-16(14)23/h3-10,18,21,24H,2,11-12H2,1H3/t18-,21-/m1/s1. The van der Waals surface area contributed by atoms with Gasteiger partial charge in [-0.05, 0) is 30.2 Å². The molecule has 2 amide bonds. The van der Waals surface area contributed by atoms with Gasteiger partial charge in [-0.3, -0.25) is 9.59 Å². The van der Waals surface area contributed by atoms with Crippen LogP contribution in [0.4, 0.5) is 0 Å². The minimum Gasteiger partial charge on any atom is -0.356 e. The van der Waals surface area contributed by atoms with Crippen molar-refractivity contribution in [3.05, 3.63) is 69.8 Å². The first-order valence-corrected chi connectivity index (χ1v) is 10.3. The first-order valence-electron chi connectivity index (χ1n) is 9.54. The number of likely N-dealkylation sites (N-methyl/N-ethyl adjacent to an activating group) is 1. The molecule has 2 aromatic carbocycles. The summed E-state index contributed by atoms with van der Waals surface area (Å²) in [5.41, 5.74) is 4.18. The van der Waals surface area contributed by atoms with Gasteiger partial charge in [-0.2, -0.15) is 0 Å². The van der Waals surface area contributed by atoms with Crippen LogP contribution in [0.5, 0.6) is 0 Å². The summed E-state index contributed by atoms with van der Waals surface area (Å²) in [4.78, 5) is 33.4. The maximum Gasteiger partial charge on any atom is 0.246 e. The van der Waals surface area contributed by atoms with Gasteiger partial charge < -0.3 is 14.8 Å². The van der Waals surface area contributed by atoms with Crippen LogP contribution in [0.25, 0.3) is 10.9 Å². The SMILES string of the molecule is CCN1CC(=O)N2[C@H](c3ccccc3Br)c3[nH]c4ccccc4c3C[C@@H]2C1=O. The largest absolute Gasteiger partial charge is 0.356 e. The Kier molecular flexibility index (Phi) is 4.05. The molecule has 2 aliphatic rings. The van der Waals surface area contributed by atoms with E-state index in [1.165, 1.54) is 0 Å². The van der Waals surface area contributed by atoms with Crippen molar-refractivity contribution in [3.8, 4) is 0 Å². The number of amides is 2. The van der Waals surface area contributed by atoms with Crippen LogP contribution >= 0.6 is 15.9 Å². The van der Waals surface area contributed by atoms with E-state index in [-0.39, 0.29) is 24.4 Å². The predicted molar refractivity (Wildman–Crippen MR) is 111 cm³/mol. The van der Waals surface area contributed by atoms with Crippen molar-refractivity contribution in [2.24, 2.45) is 0 Å². The van der Waals surface area contributed by atoms with Gasteiger partial charge in [0, 0.05) is 34.0 Å². The topological polar surface area (TPSA) is 56.4 Å². The van der Waals surface area contributed by atoms with Gasteiger partial charge in [0.25, 0.3) is 0 Å². The second-order valence-corrected chi connectivity index (χ2v) is 8.21. The molecule has 3 heterocycles. The summed E-state index contributed by atoms with van der Waals surface area (Å²) in [6.45, 7) is 2.61. The zero-order valence-corrected chi connectivity index (χ0v) is 17.1. The van der Waals surface area contributed by atoms with E-state index in [9.17, 15) is 9.59 Å². The second kappa shape index (κ2) is 6.48. The molecule has 5 nitrogen and oxygen atoms in total. The number of benzene rings is 2. The summed E-state index contributed by atoms with van der Waals surface area (Å²) in [6, 6.07) is 15.3. The fourth-order valence-corrected chi connectivity index (χ4v) is 5.11. The third kappa shape index (κ3) is 2.44. The Morgan fingerprint density at radius 3 is 2.64 bits per heavy atom. The Bertz CT molecular complexity index is 1110. The number of carbonyl (C=O) groups is 2. The van der Waals surface area contributed by atoms with Crippen molar-refractivity contribution < 1.29 is 9.59 Å². The Morgan fingerprint density at radius 1 is 1.11 bits per heavy atom. The molecule has 0 unspecified atom stereocenters. The second-order valence-electron chi connectivity index (χ2n) is 7.36. The number of nitrogens with zero attached hydrogens (tertiary/aromatic N) is 2. The van der Waals surface area contributed by atoms with Crippen molar-refractivity contribution in [2.45, 2.75) is 25.4 Å². The van der Waals surface area contributed by atoms with E-state index < -0.39 is 6.04 Å². The maximum atomic E-state index is 13.2. The molecule has 2 atom stereocenters.